The minimum atomic E-state index is -0.582. The second-order valence-electron chi connectivity index (χ2n) is 5.13. The zero-order valence-electron chi connectivity index (χ0n) is 13.5. The molecule has 0 radical (unpaired) electrons. The fourth-order valence-corrected chi connectivity index (χ4v) is 2.25. The number of nitrogens with one attached hydrogen (secondary N) is 1. The summed E-state index contributed by atoms with van der Waals surface area (Å²) < 4.78 is 10.2. The summed E-state index contributed by atoms with van der Waals surface area (Å²) in [6.07, 6.45) is 0. The summed E-state index contributed by atoms with van der Waals surface area (Å²) >= 11 is 6.01. The second-order valence-corrected chi connectivity index (χ2v) is 5.54. The van der Waals surface area contributed by atoms with Gasteiger partial charge >= 0.3 is 5.97 Å². The molecule has 0 saturated carbocycles. The maximum Gasteiger partial charge on any atom is 0.338 e. The molecule has 2 rings (SSSR count). The van der Waals surface area contributed by atoms with Gasteiger partial charge in [0.05, 0.1) is 12.7 Å². The van der Waals surface area contributed by atoms with Crippen LogP contribution in [0, 0.1) is 6.92 Å². The van der Waals surface area contributed by atoms with E-state index in [0.717, 1.165) is 11.1 Å². The largest absolute Gasteiger partial charge is 0.496 e. The number of esters is 1. The normalized spacial score (nSPS) is 10.1. The van der Waals surface area contributed by atoms with E-state index in [0.29, 0.717) is 16.3 Å². The molecule has 6 heteroatoms. The molecule has 0 atom stereocenters. The van der Waals surface area contributed by atoms with E-state index in [1.807, 2.05) is 25.1 Å². The van der Waals surface area contributed by atoms with Crippen molar-refractivity contribution in [1.29, 1.82) is 0 Å². The molecule has 0 heterocycles. The molecule has 0 bridgehead atoms. The van der Waals surface area contributed by atoms with Crippen molar-refractivity contribution in [3.05, 3.63) is 64.2 Å². The maximum atomic E-state index is 12.0. The molecule has 1 N–H and O–H groups in total. The van der Waals surface area contributed by atoms with E-state index < -0.39 is 11.9 Å². The highest BCUT2D eigenvalue weighted by Crippen LogP contribution is 2.19. The minimum Gasteiger partial charge on any atom is -0.496 e. The first-order valence-corrected chi connectivity index (χ1v) is 7.71. The number of amides is 1. The first-order chi connectivity index (χ1) is 11.5. The van der Waals surface area contributed by atoms with Crippen LogP contribution in [0.2, 0.25) is 5.02 Å². The number of aryl methyl sites for hydroxylation is 1. The number of halogens is 1. The molecular formula is C18H18ClNO4. The number of carbonyl (C=O) groups excluding carboxylic acids is 2. The zero-order chi connectivity index (χ0) is 17.5. The van der Waals surface area contributed by atoms with Crippen molar-refractivity contribution in [2.45, 2.75) is 13.5 Å². The van der Waals surface area contributed by atoms with Crippen LogP contribution in [0.4, 0.5) is 0 Å². The molecule has 0 aromatic heterocycles. The Kier molecular flexibility index (Phi) is 6.21. The monoisotopic (exact) mass is 347 g/mol. The highest BCUT2D eigenvalue weighted by Gasteiger charge is 2.12. The van der Waals surface area contributed by atoms with Crippen molar-refractivity contribution in [2.75, 3.05) is 13.7 Å². The third-order valence-corrected chi connectivity index (χ3v) is 3.78. The number of methoxy groups -OCH3 is 1. The smallest absolute Gasteiger partial charge is 0.338 e. The van der Waals surface area contributed by atoms with E-state index >= 15 is 0 Å². The Bertz CT molecular complexity index is 746. The molecule has 5 nitrogen and oxygen atoms in total. The predicted octanol–water partition coefficient (Wildman–Crippen LogP) is 3.13. The molecule has 0 aliphatic carbocycles. The zero-order valence-corrected chi connectivity index (χ0v) is 14.2. The first kappa shape index (κ1) is 17.8. The van der Waals surface area contributed by atoms with Crippen LogP contribution in [0.15, 0.2) is 42.5 Å². The molecule has 2 aromatic rings. The van der Waals surface area contributed by atoms with Crippen LogP contribution in [-0.4, -0.2) is 25.6 Å². The van der Waals surface area contributed by atoms with E-state index in [9.17, 15) is 9.59 Å². The SMILES string of the molecule is COc1cc(C(=O)OCC(=O)NCc2ccccc2Cl)ccc1C. The van der Waals surface area contributed by atoms with Gasteiger partial charge in [-0.05, 0) is 36.2 Å². The van der Waals surface area contributed by atoms with Gasteiger partial charge in [0.25, 0.3) is 5.91 Å². The average Bonchev–Trinajstić information content (AvgIpc) is 2.59. The van der Waals surface area contributed by atoms with Crippen molar-refractivity contribution in [3.8, 4) is 5.75 Å². The van der Waals surface area contributed by atoms with Crippen LogP contribution < -0.4 is 10.1 Å². The third kappa shape index (κ3) is 4.73. The summed E-state index contributed by atoms with van der Waals surface area (Å²) in [5, 5.41) is 3.22. The fraction of sp³-hybridized carbons (Fsp3) is 0.222. The first-order valence-electron chi connectivity index (χ1n) is 7.33. The summed E-state index contributed by atoms with van der Waals surface area (Å²) in [4.78, 5) is 23.8. The van der Waals surface area contributed by atoms with Crippen LogP contribution in [-0.2, 0) is 16.1 Å². The van der Waals surface area contributed by atoms with Gasteiger partial charge < -0.3 is 14.8 Å². The summed E-state index contributed by atoms with van der Waals surface area (Å²) in [5.41, 5.74) is 2.03. The highest BCUT2D eigenvalue weighted by molar-refractivity contribution is 6.31. The van der Waals surface area contributed by atoms with E-state index in [1.54, 1.807) is 24.3 Å². The summed E-state index contributed by atoms with van der Waals surface area (Å²) in [6, 6.07) is 12.2. The Hall–Kier alpha value is -2.53. The Morgan fingerprint density at radius 1 is 1.17 bits per heavy atom. The summed E-state index contributed by atoms with van der Waals surface area (Å²) in [6.45, 7) is 1.78. The molecule has 0 unspecified atom stereocenters. The minimum absolute atomic E-state index is 0.272. The lowest BCUT2D eigenvalue weighted by Gasteiger charge is -2.09. The van der Waals surface area contributed by atoms with Gasteiger partial charge in [-0.15, -0.1) is 0 Å². The predicted molar refractivity (Wildman–Crippen MR) is 91.3 cm³/mol. The maximum absolute atomic E-state index is 12.0. The topological polar surface area (TPSA) is 64.6 Å². The number of hydrogen-bond donors (Lipinski definition) is 1. The Balaban J connectivity index is 1.85. The van der Waals surface area contributed by atoms with Crippen molar-refractivity contribution in [2.24, 2.45) is 0 Å². The van der Waals surface area contributed by atoms with Crippen molar-refractivity contribution < 1.29 is 19.1 Å². The van der Waals surface area contributed by atoms with Gasteiger partial charge in [-0.2, -0.15) is 0 Å². The number of carbonyl (C=O) groups is 2. The summed E-state index contributed by atoms with van der Waals surface area (Å²) in [5.74, 6) is -0.392. The molecule has 126 valence electrons. The highest BCUT2D eigenvalue weighted by atomic mass is 35.5. The fourth-order valence-electron chi connectivity index (χ4n) is 2.05. The number of rotatable bonds is 6. The second kappa shape index (κ2) is 8.36. The van der Waals surface area contributed by atoms with Gasteiger partial charge in [0.2, 0.25) is 0 Å². The lowest BCUT2D eigenvalue weighted by molar-refractivity contribution is -0.124. The molecule has 0 fully saturated rings. The van der Waals surface area contributed by atoms with Crippen LogP contribution in [0.3, 0.4) is 0 Å². The molecule has 24 heavy (non-hydrogen) atoms. The van der Waals surface area contributed by atoms with Crippen molar-refractivity contribution in [3.63, 3.8) is 0 Å². The van der Waals surface area contributed by atoms with E-state index in [4.69, 9.17) is 21.1 Å². The Labute approximate surface area is 145 Å². The van der Waals surface area contributed by atoms with Crippen LogP contribution >= 0.6 is 11.6 Å². The molecular weight excluding hydrogens is 330 g/mol. The quantitative estimate of drug-likeness (QED) is 0.815. The summed E-state index contributed by atoms with van der Waals surface area (Å²) in [7, 11) is 1.53. The van der Waals surface area contributed by atoms with Crippen molar-refractivity contribution in [1.82, 2.24) is 5.32 Å². The molecule has 2 aromatic carbocycles. The molecule has 0 saturated heterocycles. The standard InChI is InChI=1S/C18H18ClNO4/c1-12-7-8-13(9-16(12)23-2)18(22)24-11-17(21)20-10-14-5-3-4-6-15(14)19/h3-9H,10-11H2,1-2H3,(H,20,21). The van der Waals surface area contributed by atoms with Crippen molar-refractivity contribution >= 4 is 23.5 Å². The van der Waals surface area contributed by atoms with E-state index in [-0.39, 0.29) is 13.2 Å². The Morgan fingerprint density at radius 2 is 1.92 bits per heavy atom. The van der Waals surface area contributed by atoms with Gasteiger partial charge in [0.15, 0.2) is 6.61 Å². The lowest BCUT2D eigenvalue weighted by Crippen LogP contribution is -2.28. The van der Waals surface area contributed by atoms with Gasteiger partial charge in [-0.3, -0.25) is 4.79 Å². The van der Waals surface area contributed by atoms with Crippen LogP contribution in [0.1, 0.15) is 21.5 Å². The van der Waals surface area contributed by atoms with Crippen LogP contribution in [0.5, 0.6) is 5.75 Å². The number of benzene rings is 2. The van der Waals surface area contributed by atoms with Gasteiger partial charge in [-0.25, -0.2) is 4.79 Å². The molecule has 0 aliphatic rings. The van der Waals surface area contributed by atoms with Gasteiger partial charge in [0, 0.05) is 11.6 Å². The molecule has 0 spiro atoms. The number of hydrogen-bond acceptors (Lipinski definition) is 4. The van der Waals surface area contributed by atoms with E-state index in [1.165, 1.54) is 7.11 Å². The lowest BCUT2D eigenvalue weighted by atomic mass is 10.1. The van der Waals surface area contributed by atoms with Gasteiger partial charge in [0.1, 0.15) is 5.75 Å². The molecule has 1 amide bonds. The molecule has 0 aliphatic heterocycles. The third-order valence-electron chi connectivity index (χ3n) is 3.41. The Morgan fingerprint density at radius 3 is 2.62 bits per heavy atom. The van der Waals surface area contributed by atoms with Crippen LogP contribution in [0.25, 0.3) is 0 Å². The van der Waals surface area contributed by atoms with Gasteiger partial charge in [-0.1, -0.05) is 35.9 Å². The average molecular weight is 348 g/mol. The van der Waals surface area contributed by atoms with E-state index in [2.05, 4.69) is 5.32 Å². The number of ether oxygens (including phenoxy) is 2.